The SMILES string of the molecule is CC[C@]1(c2ccccc2)CCCC/C1=N\Nc1ccc([N+](=O)[O-])cc1[N+](=O)[O-]. The molecule has 0 spiro atoms. The Morgan fingerprint density at radius 3 is 2.46 bits per heavy atom. The summed E-state index contributed by atoms with van der Waals surface area (Å²) in [5, 5.41) is 26.8. The van der Waals surface area contributed by atoms with Crippen LogP contribution in [-0.2, 0) is 5.41 Å². The van der Waals surface area contributed by atoms with E-state index in [0.717, 1.165) is 43.9 Å². The van der Waals surface area contributed by atoms with Crippen molar-refractivity contribution in [2.24, 2.45) is 5.10 Å². The first kappa shape index (κ1) is 19.5. The molecule has 0 aliphatic heterocycles. The number of nitrogens with zero attached hydrogens (tertiary/aromatic N) is 3. The Kier molecular flexibility index (Phi) is 5.67. The minimum absolute atomic E-state index is 0.145. The number of nitro benzene ring substituents is 2. The molecule has 0 heterocycles. The largest absolute Gasteiger partial charge is 0.301 e. The zero-order valence-electron chi connectivity index (χ0n) is 15.6. The van der Waals surface area contributed by atoms with Crippen LogP contribution in [0.5, 0.6) is 0 Å². The van der Waals surface area contributed by atoms with E-state index in [0.29, 0.717) is 0 Å². The van der Waals surface area contributed by atoms with Crippen LogP contribution >= 0.6 is 0 Å². The third-order valence-electron chi connectivity index (χ3n) is 5.45. The summed E-state index contributed by atoms with van der Waals surface area (Å²) >= 11 is 0. The van der Waals surface area contributed by atoms with Gasteiger partial charge in [-0.3, -0.25) is 25.7 Å². The molecule has 2 aromatic rings. The highest BCUT2D eigenvalue weighted by Crippen LogP contribution is 2.40. The Balaban J connectivity index is 1.98. The van der Waals surface area contributed by atoms with Crippen LogP contribution in [0.25, 0.3) is 0 Å². The van der Waals surface area contributed by atoms with Crippen LogP contribution in [0, 0.1) is 20.2 Å². The van der Waals surface area contributed by atoms with Crippen molar-refractivity contribution in [2.75, 3.05) is 5.43 Å². The maximum absolute atomic E-state index is 11.3. The average Bonchev–Trinajstić information content (AvgIpc) is 2.72. The van der Waals surface area contributed by atoms with Crippen LogP contribution in [0.1, 0.15) is 44.6 Å². The molecule has 0 radical (unpaired) electrons. The van der Waals surface area contributed by atoms with Crippen molar-refractivity contribution in [3.05, 3.63) is 74.3 Å². The van der Waals surface area contributed by atoms with E-state index in [9.17, 15) is 20.2 Å². The summed E-state index contributed by atoms with van der Waals surface area (Å²) < 4.78 is 0. The first-order valence-electron chi connectivity index (χ1n) is 9.29. The monoisotopic (exact) mass is 382 g/mol. The highest BCUT2D eigenvalue weighted by Gasteiger charge is 2.38. The van der Waals surface area contributed by atoms with Crippen LogP contribution in [-0.4, -0.2) is 15.6 Å². The summed E-state index contributed by atoms with van der Waals surface area (Å²) in [5.41, 5.74) is 4.21. The lowest BCUT2D eigenvalue weighted by atomic mass is 9.66. The Bertz CT molecular complexity index is 914. The third-order valence-corrected chi connectivity index (χ3v) is 5.45. The lowest BCUT2D eigenvalue weighted by Gasteiger charge is -2.38. The Morgan fingerprint density at radius 2 is 1.82 bits per heavy atom. The molecule has 1 saturated carbocycles. The van der Waals surface area contributed by atoms with Gasteiger partial charge in [0.2, 0.25) is 0 Å². The molecule has 1 aliphatic rings. The topological polar surface area (TPSA) is 111 Å². The summed E-state index contributed by atoms with van der Waals surface area (Å²) in [6.45, 7) is 2.13. The number of hydrazone groups is 1. The maximum Gasteiger partial charge on any atom is 0.301 e. The molecular weight excluding hydrogens is 360 g/mol. The number of non-ortho nitro benzene ring substituents is 1. The first-order chi connectivity index (χ1) is 13.5. The molecule has 1 atom stereocenters. The zero-order valence-corrected chi connectivity index (χ0v) is 15.6. The van der Waals surface area contributed by atoms with Crippen molar-refractivity contribution >= 4 is 22.8 Å². The van der Waals surface area contributed by atoms with Crippen LogP contribution in [0.4, 0.5) is 17.1 Å². The maximum atomic E-state index is 11.3. The predicted molar refractivity (Wildman–Crippen MR) is 108 cm³/mol. The van der Waals surface area contributed by atoms with Gasteiger partial charge in [-0.15, -0.1) is 0 Å². The number of anilines is 1. The zero-order chi connectivity index (χ0) is 20.1. The summed E-state index contributed by atoms with van der Waals surface area (Å²) in [4.78, 5) is 21.0. The molecule has 8 heteroatoms. The highest BCUT2D eigenvalue weighted by molar-refractivity contribution is 5.96. The minimum Gasteiger partial charge on any atom is -0.272 e. The average molecular weight is 382 g/mol. The van der Waals surface area contributed by atoms with E-state index < -0.39 is 9.85 Å². The van der Waals surface area contributed by atoms with E-state index in [1.54, 1.807) is 0 Å². The lowest BCUT2D eigenvalue weighted by molar-refractivity contribution is -0.393. The van der Waals surface area contributed by atoms with Crippen LogP contribution in [0.2, 0.25) is 0 Å². The molecule has 146 valence electrons. The second kappa shape index (κ2) is 8.16. The minimum atomic E-state index is -0.651. The van der Waals surface area contributed by atoms with Gasteiger partial charge in [0.05, 0.1) is 15.9 Å². The second-order valence-corrected chi connectivity index (χ2v) is 6.89. The number of rotatable bonds is 6. The van der Waals surface area contributed by atoms with Crippen molar-refractivity contribution < 1.29 is 9.85 Å². The Hall–Kier alpha value is -3.29. The molecule has 1 N–H and O–H groups in total. The van der Waals surface area contributed by atoms with Gasteiger partial charge in [-0.2, -0.15) is 5.10 Å². The van der Waals surface area contributed by atoms with Gasteiger partial charge in [-0.25, -0.2) is 0 Å². The number of benzene rings is 2. The molecule has 28 heavy (non-hydrogen) atoms. The van der Waals surface area contributed by atoms with E-state index in [1.165, 1.54) is 17.7 Å². The number of nitro groups is 2. The normalized spacial score (nSPS) is 20.7. The summed E-state index contributed by atoms with van der Waals surface area (Å²) in [6, 6.07) is 13.7. The number of hydrogen-bond acceptors (Lipinski definition) is 6. The van der Waals surface area contributed by atoms with Crippen molar-refractivity contribution in [3.8, 4) is 0 Å². The summed E-state index contributed by atoms with van der Waals surface area (Å²) in [5.74, 6) is 0. The third kappa shape index (κ3) is 3.71. The smallest absolute Gasteiger partial charge is 0.272 e. The molecule has 0 saturated heterocycles. The van der Waals surface area contributed by atoms with Gasteiger partial charge in [-0.05, 0) is 37.3 Å². The summed E-state index contributed by atoms with van der Waals surface area (Å²) in [7, 11) is 0. The van der Waals surface area contributed by atoms with Gasteiger partial charge in [0.25, 0.3) is 5.69 Å². The van der Waals surface area contributed by atoms with Gasteiger partial charge < -0.3 is 0 Å². The molecule has 0 amide bonds. The highest BCUT2D eigenvalue weighted by atomic mass is 16.6. The first-order valence-corrected chi connectivity index (χ1v) is 9.29. The van der Waals surface area contributed by atoms with Crippen LogP contribution in [0.3, 0.4) is 0 Å². The van der Waals surface area contributed by atoms with Crippen molar-refractivity contribution in [1.29, 1.82) is 0 Å². The Labute approximate surface area is 162 Å². The van der Waals surface area contributed by atoms with Crippen LogP contribution < -0.4 is 5.43 Å². The standard InChI is InChI=1S/C20H22N4O4/c1-2-20(15-8-4-3-5-9-15)13-7-6-10-19(20)22-21-17-12-11-16(23(25)26)14-18(17)24(27)28/h3-5,8-9,11-12,14,21H,2,6-7,10,13H2,1H3/b22-19+/t20-/m1/s1. The molecule has 0 bridgehead atoms. The number of nitrogens with one attached hydrogen (secondary N) is 1. The van der Waals surface area contributed by atoms with Gasteiger partial charge in [0, 0.05) is 17.2 Å². The molecule has 2 aromatic carbocycles. The lowest BCUT2D eigenvalue weighted by Crippen LogP contribution is -2.38. The van der Waals surface area contributed by atoms with Crippen molar-refractivity contribution in [1.82, 2.24) is 0 Å². The van der Waals surface area contributed by atoms with Crippen LogP contribution in [0.15, 0.2) is 53.6 Å². The fraction of sp³-hybridized carbons (Fsp3) is 0.350. The van der Waals surface area contributed by atoms with Gasteiger partial charge in [0.15, 0.2) is 0 Å². The molecule has 0 unspecified atom stereocenters. The number of hydrogen-bond donors (Lipinski definition) is 1. The molecule has 8 nitrogen and oxygen atoms in total. The van der Waals surface area contributed by atoms with E-state index in [1.807, 2.05) is 18.2 Å². The van der Waals surface area contributed by atoms with Gasteiger partial charge in [-0.1, -0.05) is 43.7 Å². The van der Waals surface area contributed by atoms with Crippen molar-refractivity contribution in [3.63, 3.8) is 0 Å². The molecule has 3 rings (SSSR count). The van der Waals surface area contributed by atoms with E-state index in [4.69, 9.17) is 0 Å². The molecule has 1 fully saturated rings. The van der Waals surface area contributed by atoms with Gasteiger partial charge >= 0.3 is 5.69 Å². The molecular formula is C20H22N4O4. The Morgan fingerprint density at radius 1 is 1.07 bits per heavy atom. The van der Waals surface area contributed by atoms with Gasteiger partial charge in [0.1, 0.15) is 5.69 Å². The molecule has 0 aromatic heterocycles. The van der Waals surface area contributed by atoms with E-state index >= 15 is 0 Å². The fourth-order valence-electron chi connectivity index (χ4n) is 3.93. The predicted octanol–water partition coefficient (Wildman–Crippen LogP) is 5.19. The van der Waals surface area contributed by atoms with E-state index in [-0.39, 0.29) is 22.5 Å². The fourth-order valence-corrected chi connectivity index (χ4v) is 3.93. The summed E-state index contributed by atoms with van der Waals surface area (Å²) in [6.07, 6.45) is 4.75. The quantitative estimate of drug-likeness (QED) is 0.546. The van der Waals surface area contributed by atoms with Crippen molar-refractivity contribution in [2.45, 2.75) is 44.4 Å². The molecule has 1 aliphatic carbocycles. The second-order valence-electron chi connectivity index (χ2n) is 6.89. The van der Waals surface area contributed by atoms with E-state index in [2.05, 4.69) is 29.6 Å².